The standard InChI is InChI=1S/C16H14N4O2S/c1-10-2-4-11(5-3-10)8-15-12(6-7-23-15)13(21)9-14(22)16-17-19-20-18-16/h2-7,9,22H,8H2,1H3,(H,17,18,19,20). The van der Waals surface area contributed by atoms with Crippen molar-refractivity contribution in [1.82, 2.24) is 20.6 Å². The van der Waals surface area contributed by atoms with Crippen LogP contribution >= 0.6 is 11.3 Å². The number of allylic oxidation sites excluding steroid dienone is 1. The fourth-order valence-corrected chi connectivity index (χ4v) is 3.04. The molecule has 0 saturated carbocycles. The van der Waals surface area contributed by atoms with Gasteiger partial charge in [0.05, 0.1) is 0 Å². The van der Waals surface area contributed by atoms with Crippen LogP contribution in [0.25, 0.3) is 5.76 Å². The molecule has 0 aliphatic rings. The van der Waals surface area contributed by atoms with Crippen LogP contribution in [0, 0.1) is 6.92 Å². The summed E-state index contributed by atoms with van der Waals surface area (Å²) in [6.07, 6.45) is 1.79. The number of hydrogen-bond acceptors (Lipinski definition) is 6. The summed E-state index contributed by atoms with van der Waals surface area (Å²) < 4.78 is 0. The molecule has 3 aromatic rings. The van der Waals surface area contributed by atoms with Crippen molar-refractivity contribution in [1.29, 1.82) is 0 Å². The number of benzene rings is 1. The molecule has 0 amide bonds. The van der Waals surface area contributed by atoms with Crippen molar-refractivity contribution in [2.75, 3.05) is 0 Å². The van der Waals surface area contributed by atoms with Crippen LogP contribution < -0.4 is 0 Å². The van der Waals surface area contributed by atoms with Crippen molar-refractivity contribution in [2.45, 2.75) is 13.3 Å². The molecule has 0 aliphatic heterocycles. The molecule has 0 saturated heterocycles. The van der Waals surface area contributed by atoms with Crippen molar-refractivity contribution in [3.05, 3.63) is 69.2 Å². The molecule has 2 aromatic heterocycles. The molecule has 2 heterocycles. The van der Waals surface area contributed by atoms with Gasteiger partial charge < -0.3 is 5.11 Å². The summed E-state index contributed by atoms with van der Waals surface area (Å²) in [5.74, 6) is -0.597. The van der Waals surface area contributed by atoms with Crippen molar-refractivity contribution in [3.63, 3.8) is 0 Å². The number of aryl methyl sites for hydroxylation is 1. The quantitative estimate of drug-likeness (QED) is 0.427. The van der Waals surface area contributed by atoms with Gasteiger partial charge in [0.1, 0.15) is 0 Å². The summed E-state index contributed by atoms with van der Waals surface area (Å²) >= 11 is 1.52. The predicted octanol–water partition coefficient (Wildman–Crippen LogP) is 2.94. The summed E-state index contributed by atoms with van der Waals surface area (Å²) in [4.78, 5) is 13.3. The molecule has 7 heteroatoms. The number of thiophene rings is 1. The van der Waals surface area contributed by atoms with Crippen LogP contribution in [0.5, 0.6) is 0 Å². The molecule has 0 aliphatic carbocycles. The molecule has 23 heavy (non-hydrogen) atoms. The Labute approximate surface area is 136 Å². The zero-order valence-corrected chi connectivity index (χ0v) is 13.2. The molecule has 0 fully saturated rings. The second-order valence-corrected chi connectivity index (χ2v) is 6.05. The SMILES string of the molecule is Cc1ccc(Cc2sccc2C(=O)C=C(O)c2nn[nH]n2)cc1. The number of rotatable bonds is 5. The molecule has 0 spiro atoms. The van der Waals surface area contributed by atoms with Gasteiger partial charge in [-0.05, 0) is 29.1 Å². The van der Waals surface area contributed by atoms with Crippen LogP contribution in [0.1, 0.15) is 32.2 Å². The molecular weight excluding hydrogens is 312 g/mol. The lowest BCUT2D eigenvalue weighted by Crippen LogP contribution is -2.00. The predicted molar refractivity (Wildman–Crippen MR) is 87.4 cm³/mol. The van der Waals surface area contributed by atoms with Crippen LogP contribution in [0.2, 0.25) is 0 Å². The first-order valence-electron chi connectivity index (χ1n) is 6.94. The highest BCUT2D eigenvalue weighted by Crippen LogP contribution is 2.22. The summed E-state index contributed by atoms with van der Waals surface area (Å²) in [6, 6.07) is 9.96. The smallest absolute Gasteiger partial charge is 0.239 e. The van der Waals surface area contributed by atoms with Crippen LogP contribution in [0.15, 0.2) is 41.8 Å². The lowest BCUT2D eigenvalue weighted by atomic mass is 10.0. The highest BCUT2D eigenvalue weighted by Gasteiger charge is 2.14. The molecule has 1 aromatic carbocycles. The Kier molecular flexibility index (Phi) is 4.29. The monoisotopic (exact) mass is 326 g/mol. The topological polar surface area (TPSA) is 91.8 Å². The molecule has 2 N–H and O–H groups in total. The van der Waals surface area contributed by atoms with Gasteiger partial charge in [0.2, 0.25) is 5.82 Å². The first-order valence-corrected chi connectivity index (χ1v) is 7.82. The van der Waals surface area contributed by atoms with Crippen molar-refractivity contribution >= 4 is 22.9 Å². The normalized spacial score (nSPS) is 11.6. The van der Waals surface area contributed by atoms with Gasteiger partial charge >= 0.3 is 0 Å². The van der Waals surface area contributed by atoms with E-state index in [1.54, 1.807) is 6.07 Å². The van der Waals surface area contributed by atoms with Gasteiger partial charge in [-0.15, -0.1) is 21.5 Å². The summed E-state index contributed by atoms with van der Waals surface area (Å²) in [6.45, 7) is 2.04. The largest absolute Gasteiger partial charge is 0.504 e. The maximum absolute atomic E-state index is 12.4. The van der Waals surface area contributed by atoms with E-state index in [2.05, 4.69) is 32.8 Å². The number of aromatic amines is 1. The number of aromatic nitrogens is 4. The highest BCUT2D eigenvalue weighted by atomic mass is 32.1. The molecule has 3 rings (SSSR count). The number of ketones is 1. The first-order chi connectivity index (χ1) is 11.1. The van der Waals surface area contributed by atoms with E-state index in [4.69, 9.17) is 0 Å². The summed E-state index contributed by atoms with van der Waals surface area (Å²) in [5.41, 5.74) is 2.91. The third kappa shape index (κ3) is 3.51. The van der Waals surface area contributed by atoms with E-state index in [1.807, 2.05) is 24.4 Å². The fourth-order valence-electron chi connectivity index (χ4n) is 2.13. The molecule has 116 valence electrons. The van der Waals surface area contributed by atoms with Crippen molar-refractivity contribution in [3.8, 4) is 0 Å². The van der Waals surface area contributed by atoms with Gasteiger partial charge in [0, 0.05) is 22.9 Å². The lowest BCUT2D eigenvalue weighted by Gasteiger charge is -2.03. The van der Waals surface area contributed by atoms with Gasteiger partial charge in [-0.3, -0.25) is 4.79 Å². The zero-order valence-electron chi connectivity index (χ0n) is 12.4. The number of nitrogens with one attached hydrogen (secondary N) is 1. The van der Waals surface area contributed by atoms with Gasteiger partial charge in [0.15, 0.2) is 11.5 Å². The highest BCUT2D eigenvalue weighted by molar-refractivity contribution is 7.10. The van der Waals surface area contributed by atoms with Gasteiger partial charge in [-0.1, -0.05) is 29.8 Å². The summed E-state index contributed by atoms with van der Waals surface area (Å²) in [7, 11) is 0. The average Bonchev–Trinajstić information content (AvgIpc) is 3.20. The number of tetrazole rings is 1. The molecular formula is C16H14N4O2S. The van der Waals surface area contributed by atoms with Crippen molar-refractivity contribution < 1.29 is 9.90 Å². The Bertz CT molecular complexity index is 835. The van der Waals surface area contributed by atoms with E-state index in [0.29, 0.717) is 12.0 Å². The van der Waals surface area contributed by atoms with E-state index in [-0.39, 0.29) is 17.4 Å². The number of carbonyl (C=O) groups excluding carboxylic acids is 1. The van der Waals surface area contributed by atoms with Crippen molar-refractivity contribution in [2.24, 2.45) is 0 Å². The second-order valence-electron chi connectivity index (χ2n) is 5.05. The Balaban J connectivity index is 1.81. The Morgan fingerprint density at radius 1 is 1.30 bits per heavy atom. The third-order valence-electron chi connectivity index (χ3n) is 3.34. The zero-order chi connectivity index (χ0) is 16.2. The minimum atomic E-state index is -0.309. The number of nitrogens with zero attached hydrogens (tertiary/aromatic N) is 3. The van der Waals surface area contributed by atoms with Crippen LogP contribution in [0.3, 0.4) is 0 Å². The Hall–Kier alpha value is -2.80. The maximum Gasteiger partial charge on any atom is 0.239 e. The number of aliphatic hydroxyl groups is 1. The number of aliphatic hydroxyl groups excluding tert-OH is 1. The Morgan fingerprint density at radius 2 is 2.09 bits per heavy atom. The van der Waals surface area contributed by atoms with Crippen LogP contribution in [-0.2, 0) is 6.42 Å². The fraction of sp³-hybridized carbons (Fsp3) is 0.125. The number of H-pyrrole nitrogens is 1. The number of hydrogen-bond donors (Lipinski definition) is 2. The number of carbonyl (C=O) groups is 1. The van der Waals surface area contributed by atoms with E-state index < -0.39 is 0 Å². The van der Waals surface area contributed by atoms with Gasteiger partial charge in [-0.2, -0.15) is 5.21 Å². The summed E-state index contributed by atoms with van der Waals surface area (Å²) in [5, 5.41) is 24.6. The van der Waals surface area contributed by atoms with E-state index in [1.165, 1.54) is 16.9 Å². The molecule has 0 unspecified atom stereocenters. The maximum atomic E-state index is 12.4. The van der Waals surface area contributed by atoms with Gasteiger partial charge in [0.25, 0.3) is 0 Å². The van der Waals surface area contributed by atoms with Crippen LogP contribution in [-0.4, -0.2) is 31.5 Å². The van der Waals surface area contributed by atoms with Crippen LogP contribution in [0.4, 0.5) is 0 Å². The molecule has 0 atom stereocenters. The minimum absolute atomic E-state index is 0.00587. The molecule has 0 radical (unpaired) electrons. The lowest BCUT2D eigenvalue weighted by molar-refractivity contribution is 0.104. The Morgan fingerprint density at radius 3 is 2.78 bits per heavy atom. The van der Waals surface area contributed by atoms with Gasteiger partial charge in [-0.25, -0.2) is 0 Å². The molecule has 0 bridgehead atoms. The third-order valence-corrected chi connectivity index (χ3v) is 4.26. The first kappa shape index (κ1) is 15.1. The molecule has 6 nitrogen and oxygen atoms in total. The van der Waals surface area contributed by atoms with E-state index >= 15 is 0 Å². The van der Waals surface area contributed by atoms with E-state index in [9.17, 15) is 9.90 Å². The average molecular weight is 326 g/mol. The second kappa shape index (κ2) is 6.53. The minimum Gasteiger partial charge on any atom is -0.504 e. The van der Waals surface area contributed by atoms with E-state index in [0.717, 1.165) is 16.5 Å².